The third-order valence-electron chi connectivity index (χ3n) is 14.2. The lowest BCUT2D eigenvalue weighted by molar-refractivity contribution is -0.137. The first-order valence-electron chi connectivity index (χ1n) is 30.8. The highest BCUT2D eigenvalue weighted by Gasteiger charge is 2.29. The van der Waals surface area contributed by atoms with E-state index in [2.05, 4.69) is 41.5 Å². The number of aromatic nitrogens is 6. The molecule has 6 heterocycles. The maximum Gasteiger partial charge on any atom is 0.407 e. The van der Waals surface area contributed by atoms with Crippen molar-refractivity contribution < 1.29 is 56.4 Å². The van der Waals surface area contributed by atoms with Gasteiger partial charge in [-0.05, 0) is 123 Å². The molecule has 0 aliphatic carbocycles. The van der Waals surface area contributed by atoms with Crippen molar-refractivity contribution >= 4 is 101 Å². The number of unbranched alkanes of at least 4 members (excludes halogenated alkanes) is 2. The molecule has 0 saturated carbocycles. The molecule has 4 aromatic heterocycles. The number of fused-ring (bicyclic) bond motifs is 2. The molecule has 2 atom stereocenters. The van der Waals surface area contributed by atoms with E-state index in [-0.39, 0.29) is 46.7 Å². The maximum atomic E-state index is 13.6. The number of ether oxygens (including phenoxy) is 2. The van der Waals surface area contributed by atoms with Gasteiger partial charge in [0.1, 0.15) is 11.2 Å². The van der Waals surface area contributed by atoms with Crippen molar-refractivity contribution in [1.82, 2.24) is 48.7 Å². The number of hydrogen-bond donors (Lipinski definition) is 6. The second-order valence-electron chi connectivity index (χ2n) is 23.6. The van der Waals surface area contributed by atoms with Gasteiger partial charge in [-0.15, -0.1) is 0 Å². The van der Waals surface area contributed by atoms with Gasteiger partial charge in [0.2, 0.25) is 17.8 Å². The van der Waals surface area contributed by atoms with E-state index in [4.69, 9.17) is 44.1 Å². The molecule has 0 unspecified atom stereocenters. The zero-order chi connectivity index (χ0) is 68.2. The highest BCUT2D eigenvalue weighted by atomic mass is 35.5. The van der Waals surface area contributed by atoms with Crippen LogP contribution in [0.25, 0.3) is 44.3 Å². The number of rotatable bonds is 20. The van der Waals surface area contributed by atoms with Crippen LogP contribution in [0.2, 0.25) is 10.0 Å². The van der Waals surface area contributed by atoms with Gasteiger partial charge in [-0.1, -0.05) is 103 Å². The summed E-state index contributed by atoms with van der Waals surface area (Å²) in [6.07, 6.45) is 10.0. The third kappa shape index (κ3) is 20.8. The lowest BCUT2D eigenvalue weighted by atomic mass is 10.1. The molecule has 2 saturated heterocycles. The van der Waals surface area contributed by atoms with Gasteiger partial charge >= 0.3 is 18.2 Å². The van der Waals surface area contributed by atoms with Crippen LogP contribution in [0.15, 0.2) is 144 Å². The third-order valence-corrected chi connectivity index (χ3v) is 18.1. The van der Waals surface area contributed by atoms with Crippen LogP contribution in [0, 0.1) is 0 Å². The summed E-state index contributed by atoms with van der Waals surface area (Å²) >= 11 is 13.0. The Morgan fingerprint density at radius 3 is 1.50 bits per heavy atom. The number of aliphatic carboxylic acids is 1. The predicted octanol–water partition coefficient (Wildman–Crippen LogP) is 12.4. The first-order valence-corrected chi connectivity index (χ1v) is 33.7. The van der Waals surface area contributed by atoms with Crippen molar-refractivity contribution in [3.63, 3.8) is 0 Å². The normalized spacial score (nSPS) is 14.7. The van der Waals surface area contributed by atoms with Crippen molar-refractivity contribution in [2.75, 3.05) is 57.1 Å². The molecular weight excluding hydrogens is 1290 g/mol. The SMILES string of the molecule is C.CC(C)(C)OC(=O)NCCCCC(=O)N1CC[C@@H](Nc2ncc(Cl)c(-c3cn(S(=O)(=O)c4ccccc4)c4ccccc34)n2)C1.CC(C)(C)OC(=O)NCCCCC(=O)O.O=S(=O)(c1ccccc1)n1cc(-c2nc(N[C@@H]3CCNC3)ncc2Cl)c2ccccc21.[2H]CF. The fourth-order valence-corrected chi connectivity index (χ4v) is 13.1. The highest BCUT2D eigenvalue weighted by Crippen LogP contribution is 2.38. The van der Waals surface area contributed by atoms with Crippen LogP contribution >= 0.6 is 23.2 Å². The summed E-state index contributed by atoms with van der Waals surface area (Å²) in [6.45, 7) is 14.6. The Morgan fingerprint density at radius 1 is 0.649 bits per heavy atom. The van der Waals surface area contributed by atoms with E-state index < -0.39 is 56.6 Å². The molecule has 0 radical (unpaired) electrons. The van der Waals surface area contributed by atoms with Gasteiger partial charge < -0.3 is 46.1 Å². The average molecular weight is 1380 g/mol. The van der Waals surface area contributed by atoms with Crippen LogP contribution in [0.3, 0.4) is 0 Å². The molecule has 23 nitrogen and oxygen atoms in total. The Kier molecular flexibility index (Phi) is 26.5. The van der Waals surface area contributed by atoms with E-state index in [9.17, 15) is 40.4 Å². The van der Waals surface area contributed by atoms with Crippen LogP contribution in [-0.4, -0.2) is 148 Å². The van der Waals surface area contributed by atoms with Gasteiger partial charge in [0.25, 0.3) is 20.0 Å². The molecule has 0 bridgehead atoms. The number of hydrogen-bond acceptors (Lipinski definition) is 17. The van der Waals surface area contributed by atoms with Crippen molar-refractivity contribution in [1.29, 1.82) is 0 Å². The molecule has 2 aliphatic rings. The van der Waals surface area contributed by atoms with Crippen LogP contribution < -0.4 is 26.6 Å². The Morgan fingerprint density at radius 2 is 1.07 bits per heavy atom. The number of nitrogens with zero attached hydrogens (tertiary/aromatic N) is 7. The Hall–Kier alpha value is -8.43. The number of nitrogens with one attached hydrogen (secondary N) is 5. The lowest BCUT2D eigenvalue weighted by Crippen LogP contribution is -2.33. The van der Waals surface area contributed by atoms with E-state index >= 15 is 0 Å². The van der Waals surface area contributed by atoms with Crippen LogP contribution in [-0.2, 0) is 39.1 Å². The van der Waals surface area contributed by atoms with Crippen molar-refractivity contribution in [2.24, 2.45) is 0 Å². The standard InChI is InChI=1S/C32H37ClN6O5S.C22H20ClN5O2S.C10H19NO4.CH3F.CH4/c1-32(2,3)44-31(41)34-17-10-9-15-28(40)38-18-16-22(20-38)36-30-35-19-26(33)29(37-30)25-21-39(27-14-8-7-13-24(25)27)45(42,43)23-11-5-4-6-12-23;23-19-13-25-22(26-15-10-11-24-12-15)27-21(19)18-14-28(20-9-5-4-8-17(18)20)31(29,30)16-6-2-1-3-7-16;1-10(2,3)15-9(14)11-7-5-4-6-8(12)13;1-2;/h4-8,11-14,19,21-22H,9-10,15-18,20H2,1-3H3,(H,34,41)(H,35,36,37);1-9,13-15,24H,10-12H2,(H,25,26,27);4-7H2,1-3H3,(H,11,14)(H,12,13);1H3;1H4/t22-;15-;;;/m11.../s1/i;;;1D;. The number of carboxylic acids is 1. The number of carboxylic acid groups (broad SMARTS) is 1. The van der Waals surface area contributed by atoms with E-state index in [1.165, 1.54) is 14.1 Å². The summed E-state index contributed by atoms with van der Waals surface area (Å²) in [4.78, 5) is 66.0. The van der Waals surface area contributed by atoms with Gasteiger partial charge in [-0.2, -0.15) is 0 Å². The Balaban J connectivity index is 0.000000246. The fraction of sp³-hybridized carbons (Fsp3) is 0.394. The van der Waals surface area contributed by atoms with Gasteiger partial charge in [-0.25, -0.2) is 54.3 Å². The second kappa shape index (κ2) is 34.1. The second-order valence-corrected chi connectivity index (χ2v) is 28.0. The molecule has 8 aromatic rings. The number of amides is 3. The molecule has 2 fully saturated rings. The number of alkyl carbamates (subject to hydrolysis) is 2. The molecular formula is C66H83Cl2FN12O11S2. The number of alkyl halides is 1. The smallest absolute Gasteiger partial charge is 0.407 e. The van der Waals surface area contributed by atoms with E-state index in [0.717, 1.165) is 31.3 Å². The topological polar surface area (TPSA) is 300 Å². The number of benzene rings is 4. The summed E-state index contributed by atoms with van der Waals surface area (Å²) in [5.41, 5.74) is 2.11. The van der Waals surface area contributed by atoms with Crippen molar-refractivity contribution in [2.45, 2.75) is 133 Å². The summed E-state index contributed by atoms with van der Waals surface area (Å²) in [7, 11) is -8.66. The number of carbonyl (C=O) groups excluding carboxylic acids is 3. The predicted molar refractivity (Wildman–Crippen MR) is 365 cm³/mol. The zero-order valence-electron chi connectivity index (χ0n) is 53.6. The molecule has 506 valence electrons. The zero-order valence-corrected chi connectivity index (χ0v) is 55.7. The number of likely N-dealkylation sites (tertiary alicyclic amines) is 1. The molecule has 10 rings (SSSR count). The monoisotopic (exact) mass is 1370 g/mol. The minimum atomic E-state index is -3.88. The van der Waals surface area contributed by atoms with Gasteiger partial charge in [0.05, 0.1) is 63.2 Å². The quantitative estimate of drug-likeness (QED) is 0.0386. The minimum Gasteiger partial charge on any atom is -0.481 e. The molecule has 94 heavy (non-hydrogen) atoms. The summed E-state index contributed by atoms with van der Waals surface area (Å²) in [5.74, 6) is 0.0505. The Bertz CT molecular complexity index is 4100. The number of anilines is 2. The number of para-hydroxylation sites is 2. The van der Waals surface area contributed by atoms with E-state index in [1.54, 1.807) is 118 Å². The summed E-state index contributed by atoms with van der Waals surface area (Å²) in [6, 6.07) is 31.3. The van der Waals surface area contributed by atoms with Gasteiger partial charge in [0, 0.05) is 91.9 Å². The van der Waals surface area contributed by atoms with E-state index in [0.29, 0.717) is 114 Å². The first kappa shape index (κ1) is 73.0. The summed E-state index contributed by atoms with van der Waals surface area (Å²) < 4.78 is 82.1. The fourth-order valence-electron chi connectivity index (χ4n) is 9.96. The van der Waals surface area contributed by atoms with Crippen molar-refractivity contribution in [3.05, 3.63) is 144 Å². The van der Waals surface area contributed by atoms with E-state index in [1.807, 2.05) is 56.0 Å². The number of halogens is 3. The first-order chi connectivity index (χ1) is 44.7. The molecule has 2 aliphatic heterocycles. The molecule has 4 aromatic carbocycles. The average Bonchev–Trinajstić information content (AvgIpc) is 1.62. The van der Waals surface area contributed by atoms with Gasteiger partial charge in [-0.3, -0.25) is 14.0 Å². The molecule has 0 spiro atoms. The van der Waals surface area contributed by atoms with Crippen LogP contribution in [0.4, 0.5) is 25.9 Å². The van der Waals surface area contributed by atoms with Gasteiger partial charge in [0.15, 0.2) is 0 Å². The Labute approximate surface area is 560 Å². The highest BCUT2D eigenvalue weighted by molar-refractivity contribution is 7.90. The lowest BCUT2D eigenvalue weighted by Gasteiger charge is -2.19. The minimum absolute atomic E-state index is 0. The molecule has 3 amide bonds. The van der Waals surface area contributed by atoms with Crippen LogP contribution in [0.1, 0.15) is 102 Å². The molecule has 28 heteroatoms. The van der Waals surface area contributed by atoms with Crippen molar-refractivity contribution in [3.8, 4) is 22.5 Å². The molecule has 6 N–H and O–H groups in total. The maximum absolute atomic E-state index is 13.6. The summed E-state index contributed by atoms with van der Waals surface area (Å²) in [5, 5.41) is 25.6. The van der Waals surface area contributed by atoms with Crippen LogP contribution in [0.5, 0.6) is 0 Å². The number of carbonyl (C=O) groups is 4. The largest absolute Gasteiger partial charge is 0.481 e.